The molecule has 4 aromatic heterocycles. The molecule has 0 amide bonds. The third-order valence-corrected chi connectivity index (χ3v) is 5.58. The topological polar surface area (TPSA) is 141 Å². The van der Waals surface area contributed by atoms with E-state index in [1.54, 1.807) is 36.0 Å². The van der Waals surface area contributed by atoms with Crippen molar-refractivity contribution in [3.8, 4) is 17.0 Å². The number of rotatable bonds is 6. The molecule has 0 saturated heterocycles. The van der Waals surface area contributed by atoms with E-state index >= 15 is 0 Å². The second-order valence-corrected chi connectivity index (χ2v) is 7.65. The summed E-state index contributed by atoms with van der Waals surface area (Å²) in [6.07, 6.45) is 3.17. The van der Waals surface area contributed by atoms with Crippen molar-refractivity contribution in [3.63, 3.8) is 0 Å². The molecule has 0 aliphatic carbocycles. The molecule has 0 unspecified atom stereocenters. The van der Waals surface area contributed by atoms with E-state index in [-0.39, 0.29) is 17.7 Å². The van der Waals surface area contributed by atoms with Crippen molar-refractivity contribution in [1.82, 2.24) is 24.3 Å². The van der Waals surface area contributed by atoms with Crippen molar-refractivity contribution in [2.45, 2.75) is 13.0 Å². The van der Waals surface area contributed by atoms with Gasteiger partial charge in [-0.3, -0.25) is 4.40 Å². The van der Waals surface area contributed by atoms with Crippen LogP contribution in [0.2, 0.25) is 0 Å². The first kappa shape index (κ1) is 21.1. The number of ether oxygens (including phenoxy) is 1. The predicted octanol–water partition coefficient (Wildman–Crippen LogP) is 3.80. The Kier molecular flexibility index (Phi) is 5.17. The number of aromatic nitrogens is 5. The summed E-state index contributed by atoms with van der Waals surface area (Å²) in [6.45, 7) is 1.97. The van der Waals surface area contributed by atoms with Crippen LogP contribution in [0.25, 0.3) is 27.8 Å². The van der Waals surface area contributed by atoms with E-state index in [1.807, 2.05) is 37.3 Å². The van der Waals surface area contributed by atoms with E-state index in [0.717, 1.165) is 5.56 Å². The second-order valence-electron chi connectivity index (χ2n) is 7.65. The zero-order valence-electron chi connectivity index (χ0n) is 18.4. The van der Waals surface area contributed by atoms with Gasteiger partial charge in [0.2, 0.25) is 11.9 Å². The Morgan fingerprint density at radius 2 is 1.88 bits per heavy atom. The number of carboxylic acid groups (broad SMARTS) is 1. The Labute approximate surface area is 194 Å². The summed E-state index contributed by atoms with van der Waals surface area (Å²) in [4.78, 5) is 29.4. The highest BCUT2D eigenvalue weighted by Crippen LogP contribution is 2.40. The first-order valence-corrected chi connectivity index (χ1v) is 10.5. The first-order chi connectivity index (χ1) is 16.5. The van der Waals surface area contributed by atoms with Crippen molar-refractivity contribution >= 4 is 34.4 Å². The van der Waals surface area contributed by atoms with Gasteiger partial charge in [0.1, 0.15) is 5.75 Å². The molecule has 34 heavy (non-hydrogen) atoms. The largest absolute Gasteiger partial charge is 0.496 e. The van der Waals surface area contributed by atoms with Gasteiger partial charge in [-0.1, -0.05) is 30.3 Å². The van der Waals surface area contributed by atoms with Crippen LogP contribution in [0.4, 0.5) is 11.9 Å². The molecule has 1 aromatic carbocycles. The van der Waals surface area contributed by atoms with Crippen molar-refractivity contribution in [1.29, 1.82) is 0 Å². The van der Waals surface area contributed by atoms with Gasteiger partial charge in [-0.2, -0.15) is 0 Å². The lowest BCUT2D eigenvalue weighted by Crippen LogP contribution is -2.14. The number of pyridine rings is 1. The number of nitrogen functional groups attached to an aromatic ring is 1. The number of aromatic carboxylic acids is 1. The molecule has 0 radical (unpaired) electrons. The van der Waals surface area contributed by atoms with Crippen LogP contribution in [0.15, 0.2) is 60.9 Å². The number of carboxylic acids is 1. The van der Waals surface area contributed by atoms with Gasteiger partial charge in [0, 0.05) is 18.0 Å². The lowest BCUT2D eigenvalue weighted by Gasteiger charge is -2.17. The lowest BCUT2D eigenvalue weighted by molar-refractivity contribution is 0.0690. The number of carbonyl (C=O) groups is 1. The Bertz CT molecular complexity index is 1530. The molecule has 0 spiro atoms. The highest BCUT2D eigenvalue weighted by atomic mass is 16.5. The highest BCUT2D eigenvalue weighted by Gasteiger charge is 2.24. The molecule has 0 saturated carbocycles. The van der Waals surface area contributed by atoms with Gasteiger partial charge in [-0.05, 0) is 30.7 Å². The lowest BCUT2D eigenvalue weighted by atomic mass is 10.1. The van der Waals surface area contributed by atoms with Crippen LogP contribution in [0.5, 0.6) is 5.75 Å². The molecule has 0 aliphatic heterocycles. The van der Waals surface area contributed by atoms with Crippen molar-refractivity contribution in [3.05, 3.63) is 72.2 Å². The normalized spacial score (nSPS) is 12.1. The third kappa shape index (κ3) is 3.51. The fraction of sp³-hybridized carbons (Fsp3) is 0.125. The minimum absolute atomic E-state index is 0.0939. The molecule has 0 aliphatic rings. The number of anilines is 2. The Morgan fingerprint density at radius 1 is 1.12 bits per heavy atom. The van der Waals surface area contributed by atoms with Gasteiger partial charge in [0.15, 0.2) is 11.3 Å². The standard InChI is InChI=1S/C24H21N7O3/c1-13(14-6-4-3-5-7-14)28-24-30-16(22(32)33)12-17-19(15-8-10-27-23(25)29-15)20-18(34-2)9-11-26-21(20)31(17)24/h3-13H,1-2H3,(H,28,30)(H,32,33)(H2,25,27,29)/t13-/m0/s1. The van der Waals surface area contributed by atoms with E-state index in [9.17, 15) is 9.90 Å². The van der Waals surface area contributed by atoms with Crippen molar-refractivity contribution in [2.75, 3.05) is 18.2 Å². The number of hydrogen-bond acceptors (Lipinski definition) is 8. The van der Waals surface area contributed by atoms with Gasteiger partial charge < -0.3 is 20.9 Å². The van der Waals surface area contributed by atoms with Gasteiger partial charge in [0.05, 0.1) is 29.7 Å². The maximum absolute atomic E-state index is 12.0. The summed E-state index contributed by atoms with van der Waals surface area (Å²) in [5.41, 5.74) is 8.97. The quantitative estimate of drug-likeness (QED) is 0.348. The van der Waals surface area contributed by atoms with Gasteiger partial charge in [0.25, 0.3) is 0 Å². The van der Waals surface area contributed by atoms with Gasteiger partial charge in [-0.25, -0.2) is 24.7 Å². The van der Waals surface area contributed by atoms with Crippen molar-refractivity contribution in [2.24, 2.45) is 0 Å². The third-order valence-electron chi connectivity index (χ3n) is 5.58. The zero-order valence-corrected chi connectivity index (χ0v) is 18.4. The molecule has 10 heteroatoms. The van der Waals surface area contributed by atoms with E-state index < -0.39 is 5.97 Å². The van der Waals surface area contributed by atoms with Gasteiger partial charge in [-0.15, -0.1) is 0 Å². The number of methoxy groups -OCH3 is 1. The molecule has 10 nitrogen and oxygen atoms in total. The van der Waals surface area contributed by atoms with Crippen LogP contribution >= 0.6 is 0 Å². The minimum atomic E-state index is -1.16. The van der Waals surface area contributed by atoms with Crippen LogP contribution in [-0.2, 0) is 0 Å². The molecule has 1 atom stereocenters. The van der Waals surface area contributed by atoms with Crippen LogP contribution in [-0.4, -0.2) is 42.5 Å². The summed E-state index contributed by atoms with van der Waals surface area (Å²) in [5.74, 6) is -0.183. The summed E-state index contributed by atoms with van der Waals surface area (Å²) >= 11 is 0. The van der Waals surface area contributed by atoms with E-state index in [4.69, 9.17) is 10.5 Å². The van der Waals surface area contributed by atoms with E-state index in [1.165, 1.54) is 6.07 Å². The molecular weight excluding hydrogens is 434 g/mol. The molecule has 170 valence electrons. The number of nitrogens with two attached hydrogens (primary N) is 1. The first-order valence-electron chi connectivity index (χ1n) is 10.5. The summed E-state index contributed by atoms with van der Waals surface area (Å²) < 4.78 is 7.41. The van der Waals surface area contributed by atoms with Crippen LogP contribution in [0.3, 0.4) is 0 Å². The van der Waals surface area contributed by atoms with Crippen LogP contribution in [0.1, 0.15) is 29.0 Å². The number of nitrogens with zero attached hydrogens (tertiary/aromatic N) is 5. The predicted molar refractivity (Wildman–Crippen MR) is 128 cm³/mol. The maximum Gasteiger partial charge on any atom is 0.354 e. The highest BCUT2D eigenvalue weighted by molar-refractivity contribution is 6.08. The maximum atomic E-state index is 12.0. The average Bonchev–Trinajstić information content (AvgIpc) is 3.19. The minimum Gasteiger partial charge on any atom is -0.496 e. The van der Waals surface area contributed by atoms with Crippen LogP contribution in [0, 0.1) is 0 Å². The summed E-state index contributed by atoms with van der Waals surface area (Å²) in [7, 11) is 1.56. The smallest absolute Gasteiger partial charge is 0.354 e. The Morgan fingerprint density at radius 3 is 2.59 bits per heavy atom. The Hall–Kier alpha value is -4.73. The van der Waals surface area contributed by atoms with E-state index in [0.29, 0.717) is 39.5 Å². The van der Waals surface area contributed by atoms with Crippen LogP contribution < -0.4 is 15.8 Å². The molecule has 5 rings (SSSR count). The molecule has 5 aromatic rings. The van der Waals surface area contributed by atoms with E-state index in [2.05, 4.69) is 25.3 Å². The molecule has 0 fully saturated rings. The molecule has 4 heterocycles. The SMILES string of the molecule is COc1ccnc2c1c(-c1ccnc(N)n1)c1cc(C(=O)O)nc(N[C@@H](C)c3ccccc3)n12. The number of fused-ring (bicyclic) bond motifs is 3. The van der Waals surface area contributed by atoms with Gasteiger partial charge >= 0.3 is 5.97 Å². The number of nitrogens with one attached hydrogen (secondary N) is 1. The average molecular weight is 455 g/mol. The molecule has 4 N–H and O–H groups in total. The fourth-order valence-corrected chi connectivity index (χ4v) is 4.04. The summed E-state index contributed by atoms with van der Waals surface area (Å²) in [6, 6.07) is 14.6. The fourth-order valence-electron chi connectivity index (χ4n) is 4.04. The molecule has 0 bridgehead atoms. The Balaban J connectivity index is 1.86. The van der Waals surface area contributed by atoms with Crippen molar-refractivity contribution < 1.29 is 14.6 Å². The number of hydrogen-bond donors (Lipinski definition) is 3. The second kappa shape index (κ2) is 8.32. The zero-order chi connectivity index (χ0) is 23.8. The number of benzene rings is 1. The molecular formula is C24H21N7O3. The monoisotopic (exact) mass is 455 g/mol. The summed E-state index contributed by atoms with van der Waals surface area (Å²) in [5, 5.41) is 13.8.